The van der Waals surface area contributed by atoms with Crippen LogP contribution >= 0.6 is 11.6 Å². The van der Waals surface area contributed by atoms with Crippen LogP contribution in [0, 0.1) is 11.7 Å². The van der Waals surface area contributed by atoms with Crippen LogP contribution in [0.25, 0.3) is 22.3 Å². The minimum absolute atomic E-state index is 0.0974. The Labute approximate surface area is 173 Å². The molecule has 29 heavy (non-hydrogen) atoms. The fourth-order valence-corrected chi connectivity index (χ4v) is 3.84. The molecule has 0 radical (unpaired) electrons. The average Bonchev–Trinajstić information content (AvgIpc) is 2.73. The molecule has 1 aromatic heterocycles. The van der Waals surface area contributed by atoms with Crippen LogP contribution in [0.1, 0.15) is 19.8 Å². The topological polar surface area (TPSA) is 55.3 Å². The Morgan fingerprint density at radius 1 is 1.21 bits per heavy atom. The quantitative estimate of drug-likeness (QED) is 0.571. The summed E-state index contributed by atoms with van der Waals surface area (Å²) in [5.74, 6) is 0.437. The summed E-state index contributed by atoms with van der Waals surface area (Å²) in [6, 6.07) is 11.9. The van der Waals surface area contributed by atoms with Crippen molar-refractivity contribution < 1.29 is 13.9 Å². The Balaban J connectivity index is 1.72. The Kier molecular flexibility index (Phi) is 5.62. The molecule has 4 rings (SSSR count). The number of carbonyl (C=O) groups excluding carboxylic acids is 1. The summed E-state index contributed by atoms with van der Waals surface area (Å²) in [6.45, 7) is 3.53. The average molecular weight is 414 g/mol. The number of rotatable bonds is 4. The molecular formula is C22H21ClFN3O2. The molecule has 0 N–H and O–H groups in total. The Bertz CT molecular complexity index is 1050. The van der Waals surface area contributed by atoms with Gasteiger partial charge in [0.05, 0.1) is 23.6 Å². The van der Waals surface area contributed by atoms with Crippen molar-refractivity contribution in [2.45, 2.75) is 19.8 Å². The fourth-order valence-electron chi connectivity index (χ4n) is 3.68. The van der Waals surface area contributed by atoms with E-state index in [1.807, 2.05) is 13.0 Å². The van der Waals surface area contributed by atoms with Crippen LogP contribution in [0.4, 0.5) is 10.2 Å². The van der Waals surface area contributed by atoms with Gasteiger partial charge >= 0.3 is 5.97 Å². The van der Waals surface area contributed by atoms with Gasteiger partial charge in [0.1, 0.15) is 11.6 Å². The van der Waals surface area contributed by atoms with Gasteiger partial charge in [-0.1, -0.05) is 23.7 Å². The van der Waals surface area contributed by atoms with Crippen molar-refractivity contribution in [2.24, 2.45) is 5.92 Å². The maximum absolute atomic E-state index is 14.4. The molecule has 0 unspecified atom stereocenters. The van der Waals surface area contributed by atoms with E-state index in [0.717, 1.165) is 11.2 Å². The highest BCUT2D eigenvalue weighted by atomic mass is 35.5. The molecule has 0 spiro atoms. The third kappa shape index (κ3) is 4.03. The molecule has 150 valence electrons. The van der Waals surface area contributed by atoms with Gasteiger partial charge in [-0.05, 0) is 50.1 Å². The molecule has 7 heteroatoms. The summed E-state index contributed by atoms with van der Waals surface area (Å²) in [5, 5.41) is 1.41. The van der Waals surface area contributed by atoms with Gasteiger partial charge < -0.3 is 9.64 Å². The Morgan fingerprint density at radius 2 is 1.97 bits per heavy atom. The first kappa shape index (κ1) is 19.6. The van der Waals surface area contributed by atoms with E-state index in [1.165, 1.54) is 6.07 Å². The van der Waals surface area contributed by atoms with E-state index < -0.39 is 0 Å². The summed E-state index contributed by atoms with van der Waals surface area (Å²) < 4.78 is 19.5. The van der Waals surface area contributed by atoms with Crippen molar-refractivity contribution in [1.82, 2.24) is 9.97 Å². The predicted octanol–water partition coefficient (Wildman–Crippen LogP) is 4.87. The van der Waals surface area contributed by atoms with Gasteiger partial charge in [-0.15, -0.1) is 0 Å². The first-order valence-electron chi connectivity index (χ1n) is 9.70. The van der Waals surface area contributed by atoms with E-state index in [4.69, 9.17) is 21.3 Å². The van der Waals surface area contributed by atoms with E-state index in [-0.39, 0.29) is 17.7 Å². The summed E-state index contributed by atoms with van der Waals surface area (Å²) in [7, 11) is 0. The second kappa shape index (κ2) is 8.33. The van der Waals surface area contributed by atoms with Crippen LogP contribution in [-0.2, 0) is 9.53 Å². The standard InChI is InChI=1S/C22H21ClFN3O2/c1-2-29-22(28)14-9-11-27(12-10-14)21-17-8-7-15(23)13-19(17)25-20(26-21)16-5-3-4-6-18(16)24/h3-8,13-14H,2,9-12H2,1H3. The number of benzene rings is 2. The number of halogens is 2. The van der Waals surface area contributed by atoms with E-state index in [9.17, 15) is 9.18 Å². The van der Waals surface area contributed by atoms with E-state index >= 15 is 0 Å². The van der Waals surface area contributed by atoms with E-state index in [1.54, 1.807) is 30.3 Å². The zero-order valence-corrected chi connectivity index (χ0v) is 16.8. The van der Waals surface area contributed by atoms with E-state index in [0.29, 0.717) is 54.5 Å². The lowest BCUT2D eigenvalue weighted by molar-refractivity contribution is -0.148. The Hall–Kier alpha value is -2.73. The number of hydrogen-bond donors (Lipinski definition) is 0. The smallest absolute Gasteiger partial charge is 0.309 e. The first-order chi connectivity index (χ1) is 14.1. The number of ether oxygens (including phenoxy) is 1. The van der Waals surface area contributed by atoms with Gasteiger partial charge in [-0.25, -0.2) is 14.4 Å². The van der Waals surface area contributed by atoms with Crippen molar-refractivity contribution in [3.8, 4) is 11.4 Å². The van der Waals surface area contributed by atoms with Crippen LogP contribution in [0.2, 0.25) is 5.02 Å². The van der Waals surface area contributed by atoms with E-state index in [2.05, 4.69) is 9.88 Å². The molecule has 0 saturated carbocycles. The molecule has 0 aliphatic carbocycles. The maximum atomic E-state index is 14.4. The number of fused-ring (bicyclic) bond motifs is 1. The lowest BCUT2D eigenvalue weighted by Crippen LogP contribution is -2.37. The van der Waals surface area contributed by atoms with Crippen LogP contribution in [0.5, 0.6) is 0 Å². The summed E-state index contributed by atoms with van der Waals surface area (Å²) in [5.41, 5.74) is 1.00. The van der Waals surface area contributed by atoms with Crippen LogP contribution in [0.3, 0.4) is 0 Å². The normalized spacial score (nSPS) is 14.9. The molecule has 2 heterocycles. The third-order valence-corrected chi connectivity index (χ3v) is 5.40. The molecule has 0 bridgehead atoms. The van der Waals surface area contributed by atoms with Crippen molar-refractivity contribution in [2.75, 3.05) is 24.6 Å². The third-order valence-electron chi connectivity index (χ3n) is 5.17. The summed E-state index contributed by atoms with van der Waals surface area (Å²) in [4.78, 5) is 23.4. The van der Waals surface area contributed by atoms with Gasteiger partial charge in [-0.2, -0.15) is 0 Å². The molecule has 3 aromatic rings. The van der Waals surface area contributed by atoms with Gasteiger partial charge in [0, 0.05) is 23.5 Å². The number of nitrogens with zero attached hydrogens (tertiary/aromatic N) is 3. The monoisotopic (exact) mass is 413 g/mol. The number of piperidine rings is 1. The summed E-state index contributed by atoms with van der Waals surface area (Å²) >= 11 is 6.17. The number of hydrogen-bond acceptors (Lipinski definition) is 5. The number of aromatic nitrogens is 2. The van der Waals surface area contributed by atoms with Crippen molar-refractivity contribution in [3.63, 3.8) is 0 Å². The van der Waals surface area contributed by atoms with Gasteiger partial charge in [-0.3, -0.25) is 4.79 Å². The zero-order valence-electron chi connectivity index (χ0n) is 16.1. The second-order valence-electron chi connectivity index (χ2n) is 7.03. The minimum atomic E-state index is -0.374. The number of carbonyl (C=O) groups is 1. The first-order valence-corrected chi connectivity index (χ1v) is 10.1. The zero-order chi connectivity index (χ0) is 20.4. The predicted molar refractivity (Wildman–Crippen MR) is 112 cm³/mol. The number of esters is 1. The largest absolute Gasteiger partial charge is 0.466 e. The highest BCUT2D eigenvalue weighted by Crippen LogP contribution is 2.32. The maximum Gasteiger partial charge on any atom is 0.309 e. The van der Waals surface area contributed by atoms with Crippen LogP contribution in [-0.4, -0.2) is 35.6 Å². The van der Waals surface area contributed by atoms with Crippen molar-refractivity contribution >= 4 is 34.3 Å². The van der Waals surface area contributed by atoms with Gasteiger partial charge in [0.2, 0.25) is 0 Å². The molecule has 1 saturated heterocycles. The SMILES string of the molecule is CCOC(=O)C1CCN(c2nc(-c3ccccc3F)nc3cc(Cl)ccc23)CC1. The van der Waals surface area contributed by atoms with Crippen LogP contribution < -0.4 is 4.90 Å². The Morgan fingerprint density at radius 3 is 2.69 bits per heavy atom. The summed E-state index contributed by atoms with van der Waals surface area (Å²) in [6.07, 6.45) is 1.37. The molecule has 1 aliphatic heterocycles. The molecule has 1 fully saturated rings. The second-order valence-corrected chi connectivity index (χ2v) is 7.46. The molecule has 0 atom stereocenters. The minimum Gasteiger partial charge on any atom is -0.466 e. The highest BCUT2D eigenvalue weighted by Gasteiger charge is 2.28. The van der Waals surface area contributed by atoms with Crippen LogP contribution in [0.15, 0.2) is 42.5 Å². The molecule has 5 nitrogen and oxygen atoms in total. The van der Waals surface area contributed by atoms with Crippen molar-refractivity contribution in [1.29, 1.82) is 0 Å². The van der Waals surface area contributed by atoms with Crippen molar-refractivity contribution in [3.05, 3.63) is 53.3 Å². The van der Waals surface area contributed by atoms with Gasteiger partial charge in [0.15, 0.2) is 5.82 Å². The lowest BCUT2D eigenvalue weighted by Gasteiger charge is -2.32. The molecule has 0 amide bonds. The molecular weight excluding hydrogens is 393 g/mol. The van der Waals surface area contributed by atoms with Gasteiger partial charge in [0.25, 0.3) is 0 Å². The molecule has 2 aromatic carbocycles. The fraction of sp³-hybridized carbons (Fsp3) is 0.318. The highest BCUT2D eigenvalue weighted by molar-refractivity contribution is 6.31. The number of anilines is 1. The lowest BCUT2D eigenvalue weighted by atomic mass is 9.97. The molecule has 1 aliphatic rings.